The van der Waals surface area contributed by atoms with Gasteiger partial charge in [0.05, 0.1) is 5.02 Å². The zero-order chi connectivity index (χ0) is 14.0. The van der Waals surface area contributed by atoms with E-state index in [0.717, 1.165) is 11.5 Å². The van der Waals surface area contributed by atoms with Crippen molar-refractivity contribution < 1.29 is 4.39 Å². The number of rotatable bonds is 4. The fourth-order valence-corrected chi connectivity index (χ4v) is 3.49. The van der Waals surface area contributed by atoms with Crippen molar-refractivity contribution in [1.82, 2.24) is 5.32 Å². The smallest absolute Gasteiger partial charge is 0.142 e. The first-order valence-corrected chi connectivity index (χ1v) is 7.65. The standard InChI is InChI=1S/C15H20Cl2FN/c1-9(11-5-3-4-6-11)19-10(2)12-7-15(18)14(17)8-13(12)16/h7-11,19H,3-6H2,1-2H3. The molecule has 0 aromatic heterocycles. The van der Waals surface area contributed by atoms with Gasteiger partial charge in [0.1, 0.15) is 5.82 Å². The van der Waals surface area contributed by atoms with E-state index in [-0.39, 0.29) is 11.1 Å². The van der Waals surface area contributed by atoms with Crippen LogP contribution in [0.5, 0.6) is 0 Å². The fraction of sp³-hybridized carbons (Fsp3) is 0.600. The Balaban J connectivity index is 2.06. The summed E-state index contributed by atoms with van der Waals surface area (Å²) in [5, 5.41) is 4.12. The first-order valence-electron chi connectivity index (χ1n) is 6.89. The lowest BCUT2D eigenvalue weighted by Crippen LogP contribution is -2.34. The van der Waals surface area contributed by atoms with Crippen LogP contribution in [0.3, 0.4) is 0 Å². The zero-order valence-corrected chi connectivity index (χ0v) is 12.9. The molecule has 0 radical (unpaired) electrons. The molecule has 19 heavy (non-hydrogen) atoms. The normalized spacial score (nSPS) is 19.6. The molecule has 0 bridgehead atoms. The van der Waals surface area contributed by atoms with E-state index in [1.165, 1.54) is 37.8 Å². The highest BCUT2D eigenvalue weighted by Crippen LogP contribution is 2.31. The van der Waals surface area contributed by atoms with Crippen LogP contribution in [0.15, 0.2) is 12.1 Å². The highest BCUT2D eigenvalue weighted by molar-refractivity contribution is 6.35. The van der Waals surface area contributed by atoms with Crippen LogP contribution in [-0.2, 0) is 0 Å². The molecule has 1 nitrogen and oxygen atoms in total. The van der Waals surface area contributed by atoms with E-state index in [4.69, 9.17) is 23.2 Å². The highest BCUT2D eigenvalue weighted by Gasteiger charge is 2.23. The molecule has 2 atom stereocenters. The van der Waals surface area contributed by atoms with Crippen LogP contribution in [-0.4, -0.2) is 6.04 Å². The van der Waals surface area contributed by atoms with Gasteiger partial charge in [-0.05, 0) is 50.3 Å². The van der Waals surface area contributed by atoms with Gasteiger partial charge in [-0.15, -0.1) is 0 Å². The summed E-state index contributed by atoms with van der Waals surface area (Å²) in [7, 11) is 0. The summed E-state index contributed by atoms with van der Waals surface area (Å²) in [5.41, 5.74) is 0.772. The second-order valence-corrected chi connectivity index (χ2v) is 6.32. The minimum absolute atomic E-state index is 0.0230. The third-order valence-corrected chi connectivity index (χ3v) is 4.74. The molecule has 0 saturated heterocycles. The molecular weight excluding hydrogens is 284 g/mol. The summed E-state index contributed by atoms with van der Waals surface area (Å²) in [5.74, 6) is 0.307. The monoisotopic (exact) mass is 303 g/mol. The minimum atomic E-state index is -0.414. The van der Waals surface area contributed by atoms with E-state index in [1.807, 2.05) is 6.92 Å². The van der Waals surface area contributed by atoms with Crippen molar-refractivity contribution in [3.05, 3.63) is 33.6 Å². The molecular formula is C15H20Cl2FN. The van der Waals surface area contributed by atoms with Crippen LogP contribution >= 0.6 is 23.2 Å². The Morgan fingerprint density at radius 1 is 1.16 bits per heavy atom. The van der Waals surface area contributed by atoms with E-state index in [2.05, 4.69) is 12.2 Å². The van der Waals surface area contributed by atoms with Gasteiger partial charge in [0, 0.05) is 17.1 Å². The Morgan fingerprint density at radius 2 is 1.79 bits per heavy atom. The maximum Gasteiger partial charge on any atom is 0.142 e. The quantitative estimate of drug-likeness (QED) is 0.738. The summed E-state index contributed by atoms with van der Waals surface area (Å²) in [6.07, 6.45) is 5.20. The second-order valence-electron chi connectivity index (χ2n) is 5.51. The number of halogens is 3. The fourth-order valence-electron chi connectivity index (χ4n) is 2.95. The van der Waals surface area contributed by atoms with Gasteiger partial charge in [0.25, 0.3) is 0 Å². The van der Waals surface area contributed by atoms with Gasteiger partial charge in [-0.1, -0.05) is 36.0 Å². The van der Waals surface area contributed by atoms with Crippen LogP contribution in [0.1, 0.15) is 51.1 Å². The Labute approximate surface area is 124 Å². The molecule has 1 fully saturated rings. The van der Waals surface area contributed by atoms with Crippen molar-refractivity contribution in [2.24, 2.45) is 5.92 Å². The summed E-state index contributed by atoms with van der Waals surface area (Å²) in [4.78, 5) is 0. The molecule has 1 aliphatic carbocycles. The second kappa shape index (κ2) is 6.43. The first-order chi connectivity index (χ1) is 8.99. The number of benzene rings is 1. The molecule has 0 aliphatic heterocycles. The molecule has 1 aromatic rings. The van der Waals surface area contributed by atoms with E-state index in [9.17, 15) is 4.39 Å². The lowest BCUT2D eigenvalue weighted by Gasteiger charge is -2.25. The van der Waals surface area contributed by atoms with Crippen molar-refractivity contribution in [3.63, 3.8) is 0 Å². The van der Waals surface area contributed by atoms with Crippen LogP contribution in [0.4, 0.5) is 4.39 Å². The molecule has 1 N–H and O–H groups in total. The maximum absolute atomic E-state index is 13.5. The molecule has 2 rings (SSSR count). The Bertz CT molecular complexity index is 444. The van der Waals surface area contributed by atoms with Gasteiger partial charge in [0.15, 0.2) is 0 Å². The molecule has 2 unspecified atom stereocenters. The molecule has 1 aromatic carbocycles. The van der Waals surface area contributed by atoms with Crippen molar-refractivity contribution in [2.45, 2.75) is 51.6 Å². The van der Waals surface area contributed by atoms with Crippen molar-refractivity contribution >= 4 is 23.2 Å². The summed E-state index contributed by atoms with van der Waals surface area (Å²) in [6.45, 7) is 4.21. The Kier molecular flexibility index (Phi) is 5.10. The predicted molar refractivity (Wildman–Crippen MR) is 79.4 cm³/mol. The minimum Gasteiger partial charge on any atom is -0.307 e. The maximum atomic E-state index is 13.5. The summed E-state index contributed by atoms with van der Waals surface area (Å²) in [6, 6.07) is 3.36. The predicted octanol–water partition coefficient (Wildman–Crippen LogP) is 5.36. The Morgan fingerprint density at radius 3 is 2.42 bits per heavy atom. The average molecular weight is 304 g/mol. The third kappa shape index (κ3) is 3.62. The summed E-state index contributed by atoms with van der Waals surface area (Å²) < 4.78 is 13.5. The molecule has 0 spiro atoms. The van der Waals surface area contributed by atoms with Crippen LogP contribution < -0.4 is 5.32 Å². The molecule has 1 saturated carbocycles. The van der Waals surface area contributed by atoms with E-state index in [1.54, 1.807) is 0 Å². The zero-order valence-electron chi connectivity index (χ0n) is 11.3. The van der Waals surface area contributed by atoms with Gasteiger partial charge in [0.2, 0.25) is 0 Å². The third-order valence-electron chi connectivity index (χ3n) is 4.13. The van der Waals surface area contributed by atoms with Crippen molar-refractivity contribution in [2.75, 3.05) is 0 Å². The number of hydrogen-bond donors (Lipinski definition) is 1. The number of nitrogens with one attached hydrogen (secondary N) is 1. The van der Waals surface area contributed by atoms with Crippen molar-refractivity contribution in [3.8, 4) is 0 Å². The SMILES string of the molecule is CC(NC(C)C1CCCC1)c1cc(F)c(Cl)cc1Cl. The molecule has 106 valence electrons. The Hall–Kier alpha value is -0.310. The van der Waals surface area contributed by atoms with Crippen LogP contribution in [0.2, 0.25) is 10.0 Å². The molecule has 0 heterocycles. The van der Waals surface area contributed by atoms with Crippen LogP contribution in [0.25, 0.3) is 0 Å². The van der Waals surface area contributed by atoms with Gasteiger partial charge < -0.3 is 5.32 Å². The van der Waals surface area contributed by atoms with Gasteiger partial charge in [-0.3, -0.25) is 0 Å². The van der Waals surface area contributed by atoms with Crippen LogP contribution in [0, 0.1) is 11.7 Å². The lowest BCUT2D eigenvalue weighted by atomic mass is 9.98. The van der Waals surface area contributed by atoms with Gasteiger partial charge in [-0.25, -0.2) is 4.39 Å². The van der Waals surface area contributed by atoms with E-state index >= 15 is 0 Å². The molecule has 1 aliphatic rings. The number of hydrogen-bond acceptors (Lipinski definition) is 1. The van der Waals surface area contributed by atoms with E-state index < -0.39 is 5.82 Å². The topological polar surface area (TPSA) is 12.0 Å². The average Bonchev–Trinajstić information content (AvgIpc) is 2.87. The molecule has 4 heteroatoms. The first kappa shape index (κ1) is 15.1. The molecule has 0 amide bonds. The van der Waals surface area contributed by atoms with Gasteiger partial charge >= 0.3 is 0 Å². The lowest BCUT2D eigenvalue weighted by molar-refractivity contribution is 0.352. The summed E-state index contributed by atoms with van der Waals surface area (Å²) >= 11 is 11.9. The highest BCUT2D eigenvalue weighted by atomic mass is 35.5. The largest absolute Gasteiger partial charge is 0.307 e. The van der Waals surface area contributed by atoms with E-state index in [0.29, 0.717) is 11.1 Å². The van der Waals surface area contributed by atoms with Gasteiger partial charge in [-0.2, -0.15) is 0 Å². The van der Waals surface area contributed by atoms with Crippen molar-refractivity contribution in [1.29, 1.82) is 0 Å².